The van der Waals surface area contributed by atoms with Crippen molar-refractivity contribution >= 4 is 0 Å². The molecule has 4 heteroatoms. The standard InChI is InChI=1S/C15H28N4/c1-13(2)11-19(12-14-5-4-8-16-14)10-7-15-6-9-17-18(15)3/h6,9,13-14,16H,4-5,7-8,10-12H2,1-3H3. The van der Waals surface area contributed by atoms with Gasteiger partial charge in [0.25, 0.3) is 0 Å². The maximum absolute atomic E-state index is 4.24. The summed E-state index contributed by atoms with van der Waals surface area (Å²) >= 11 is 0. The van der Waals surface area contributed by atoms with E-state index in [0.29, 0.717) is 6.04 Å². The van der Waals surface area contributed by atoms with E-state index in [-0.39, 0.29) is 0 Å². The third-order valence-corrected chi connectivity index (χ3v) is 3.87. The maximum Gasteiger partial charge on any atom is 0.0492 e. The Hall–Kier alpha value is -0.870. The Balaban J connectivity index is 1.84. The minimum absolute atomic E-state index is 0.699. The summed E-state index contributed by atoms with van der Waals surface area (Å²) in [4.78, 5) is 2.61. The molecule has 2 heterocycles. The highest BCUT2D eigenvalue weighted by Crippen LogP contribution is 2.10. The van der Waals surface area contributed by atoms with Gasteiger partial charge in [-0.05, 0) is 31.4 Å². The number of nitrogens with zero attached hydrogens (tertiary/aromatic N) is 3. The van der Waals surface area contributed by atoms with E-state index in [1.165, 1.54) is 38.2 Å². The second-order valence-electron chi connectivity index (χ2n) is 6.14. The van der Waals surface area contributed by atoms with Crippen molar-refractivity contribution < 1.29 is 0 Å². The van der Waals surface area contributed by atoms with E-state index in [1.807, 2.05) is 17.9 Å². The highest BCUT2D eigenvalue weighted by molar-refractivity contribution is 5.00. The van der Waals surface area contributed by atoms with Crippen LogP contribution in [0.5, 0.6) is 0 Å². The van der Waals surface area contributed by atoms with Crippen LogP contribution in [-0.4, -0.2) is 46.9 Å². The van der Waals surface area contributed by atoms with Crippen LogP contribution in [0.25, 0.3) is 0 Å². The molecule has 0 aliphatic carbocycles. The number of aryl methyl sites for hydroxylation is 1. The van der Waals surface area contributed by atoms with Gasteiger partial charge >= 0.3 is 0 Å². The maximum atomic E-state index is 4.24. The Morgan fingerprint density at radius 3 is 2.95 bits per heavy atom. The van der Waals surface area contributed by atoms with Crippen LogP contribution in [0.2, 0.25) is 0 Å². The fourth-order valence-corrected chi connectivity index (χ4v) is 2.92. The van der Waals surface area contributed by atoms with Crippen molar-refractivity contribution in [3.05, 3.63) is 18.0 Å². The van der Waals surface area contributed by atoms with Crippen LogP contribution in [0, 0.1) is 5.92 Å². The summed E-state index contributed by atoms with van der Waals surface area (Å²) in [5, 5.41) is 7.85. The molecule has 0 amide bonds. The highest BCUT2D eigenvalue weighted by atomic mass is 15.3. The van der Waals surface area contributed by atoms with Gasteiger partial charge in [-0.15, -0.1) is 0 Å². The zero-order valence-electron chi connectivity index (χ0n) is 12.6. The Bertz CT molecular complexity index is 366. The molecule has 1 aliphatic heterocycles. The normalized spacial score (nSPS) is 19.7. The van der Waals surface area contributed by atoms with Crippen molar-refractivity contribution in [1.82, 2.24) is 20.0 Å². The molecule has 108 valence electrons. The van der Waals surface area contributed by atoms with Gasteiger partial charge in [0.05, 0.1) is 0 Å². The predicted molar refractivity (Wildman–Crippen MR) is 79.2 cm³/mol. The Morgan fingerprint density at radius 2 is 2.37 bits per heavy atom. The SMILES string of the molecule is CC(C)CN(CCc1ccnn1C)CC1CCCN1. The zero-order valence-corrected chi connectivity index (χ0v) is 12.6. The molecule has 4 nitrogen and oxygen atoms in total. The summed E-state index contributed by atoms with van der Waals surface area (Å²) in [5.41, 5.74) is 1.33. The molecule has 0 aromatic carbocycles. The van der Waals surface area contributed by atoms with Gasteiger partial charge in [-0.2, -0.15) is 5.10 Å². The predicted octanol–water partition coefficient (Wildman–Crippen LogP) is 1.67. The molecule has 0 spiro atoms. The van der Waals surface area contributed by atoms with E-state index in [9.17, 15) is 0 Å². The van der Waals surface area contributed by atoms with Gasteiger partial charge in [0.15, 0.2) is 0 Å². The van der Waals surface area contributed by atoms with Crippen LogP contribution in [0.15, 0.2) is 12.3 Å². The second-order valence-corrected chi connectivity index (χ2v) is 6.14. The van der Waals surface area contributed by atoms with E-state index in [2.05, 4.69) is 35.2 Å². The summed E-state index contributed by atoms with van der Waals surface area (Å²) in [5.74, 6) is 0.730. The highest BCUT2D eigenvalue weighted by Gasteiger charge is 2.18. The molecule has 0 saturated carbocycles. The van der Waals surface area contributed by atoms with Crippen LogP contribution in [0.1, 0.15) is 32.4 Å². The molecule has 2 rings (SSSR count). The van der Waals surface area contributed by atoms with Crippen molar-refractivity contribution in [2.24, 2.45) is 13.0 Å². The third kappa shape index (κ3) is 4.62. The fourth-order valence-electron chi connectivity index (χ4n) is 2.92. The van der Waals surface area contributed by atoms with Gasteiger partial charge in [0.1, 0.15) is 0 Å². The largest absolute Gasteiger partial charge is 0.313 e. The first-order valence-electron chi connectivity index (χ1n) is 7.57. The molecule has 1 aromatic heterocycles. The van der Waals surface area contributed by atoms with Crippen LogP contribution in [0.3, 0.4) is 0 Å². The van der Waals surface area contributed by atoms with Crippen molar-refractivity contribution in [1.29, 1.82) is 0 Å². The first-order chi connectivity index (χ1) is 9.15. The van der Waals surface area contributed by atoms with E-state index in [1.54, 1.807) is 0 Å². The van der Waals surface area contributed by atoms with Crippen molar-refractivity contribution in [3.63, 3.8) is 0 Å². The van der Waals surface area contributed by atoms with E-state index in [0.717, 1.165) is 18.9 Å². The summed E-state index contributed by atoms with van der Waals surface area (Å²) in [7, 11) is 2.03. The van der Waals surface area contributed by atoms with Gasteiger partial charge in [-0.1, -0.05) is 13.8 Å². The van der Waals surface area contributed by atoms with Gasteiger partial charge in [-0.25, -0.2) is 0 Å². The first-order valence-corrected chi connectivity index (χ1v) is 7.57. The fraction of sp³-hybridized carbons (Fsp3) is 0.800. The summed E-state index contributed by atoms with van der Waals surface area (Å²) in [6.45, 7) is 9.32. The minimum atomic E-state index is 0.699. The lowest BCUT2D eigenvalue weighted by Gasteiger charge is -2.27. The molecule has 0 bridgehead atoms. The summed E-state index contributed by atoms with van der Waals surface area (Å²) in [6, 6.07) is 2.83. The van der Waals surface area contributed by atoms with E-state index >= 15 is 0 Å². The molecule has 1 aromatic rings. The molecule has 1 fully saturated rings. The molecule has 0 radical (unpaired) electrons. The Morgan fingerprint density at radius 1 is 1.53 bits per heavy atom. The Kier molecular flexibility index (Phi) is 5.40. The smallest absolute Gasteiger partial charge is 0.0492 e. The van der Waals surface area contributed by atoms with Crippen LogP contribution in [-0.2, 0) is 13.5 Å². The minimum Gasteiger partial charge on any atom is -0.313 e. The molecule has 19 heavy (non-hydrogen) atoms. The molecular formula is C15H28N4. The summed E-state index contributed by atoms with van der Waals surface area (Å²) in [6.07, 6.45) is 5.65. The van der Waals surface area contributed by atoms with Crippen LogP contribution < -0.4 is 5.32 Å². The zero-order chi connectivity index (χ0) is 13.7. The number of aromatic nitrogens is 2. The number of hydrogen-bond acceptors (Lipinski definition) is 3. The summed E-state index contributed by atoms with van der Waals surface area (Å²) < 4.78 is 1.99. The Labute approximate surface area is 117 Å². The van der Waals surface area contributed by atoms with Gasteiger partial charge in [0, 0.05) is 51.0 Å². The number of hydrogen-bond donors (Lipinski definition) is 1. The van der Waals surface area contributed by atoms with Crippen molar-refractivity contribution in [2.75, 3.05) is 26.2 Å². The van der Waals surface area contributed by atoms with Crippen LogP contribution >= 0.6 is 0 Å². The topological polar surface area (TPSA) is 33.1 Å². The average Bonchev–Trinajstić information content (AvgIpc) is 2.97. The van der Waals surface area contributed by atoms with Gasteiger partial charge in [-0.3, -0.25) is 4.68 Å². The van der Waals surface area contributed by atoms with E-state index < -0.39 is 0 Å². The third-order valence-electron chi connectivity index (χ3n) is 3.87. The molecule has 1 saturated heterocycles. The average molecular weight is 264 g/mol. The van der Waals surface area contributed by atoms with Crippen molar-refractivity contribution in [2.45, 2.75) is 39.2 Å². The van der Waals surface area contributed by atoms with Gasteiger partial charge < -0.3 is 10.2 Å². The molecule has 1 aliphatic rings. The first kappa shape index (κ1) is 14.5. The number of nitrogens with one attached hydrogen (secondary N) is 1. The lowest BCUT2D eigenvalue weighted by molar-refractivity contribution is 0.225. The molecule has 1 N–H and O–H groups in total. The van der Waals surface area contributed by atoms with Crippen LogP contribution in [0.4, 0.5) is 0 Å². The molecule has 1 unspecified atom stereocenters. The molecular weight excluding hydrogens is 236 g/mol. The number of rotatable bonds is 7. The quantitative estimate of drug-likeness (QED) is 0.813. The van der Waals surface area contributed by atoms with Gasteiger partial charge in [0.2, 0.25) is 0 Å². The van der Waals surface area contributed by atoms with Crippen molar-refractivity contribution in [3.8, 4) is 0 Å². The molecule has 1 atom stereocenters. The van der Waals surface area contributed by atoms with E-state index in [4.69, 9.17) is 0 Å². The lowest BCUT2D eigenvalue weighted by atomic mass is 10.1. The second kappa shape index (κ2) is 7.06. The monoisotopic (exact) mass is 264 g/mol. The lowest BCUT2D eigenvalue weighted by Crippen LogP contribution is -2.40.